The minimum atomic E-state index is 0.171. The summed E-state index contributed by atoms with van der Waals surface area (Å²) in [4.78, 5) is 13.9. The van der Waals surface area contributed by atoms with Crippen molar-refractivity contribution in [2.75, 3.05) is 0 Å². The molecule has 86 valence electrons. The van der Waals surface area contributed by atoms with E-state index in [1.165, 1.54) is 0 Å². The molecule has 2 aliphatic heterocycles. The molecule has 2 heterocycles. The highest BCUT2D eigenvalue weighted by Gasteiger charge is 2.60. The molecule has 0 aromatic rings. The van der Waals surface area contributed by atoms with E-state index >= 15 is 0 Å². The number of carbonyl (C=O) groups excluding carboxylic acids is 1. The second kappa shape index (κ2) is 2.93. The van der Waals surface area contributed by atoms with Gasteiger partial charge in [-0.05, 0) is 12.3 Å². The fourth-order valence-electron chi connectivity index (χ4n) is 2.52. The third-order valence-electron chi connectivity index (χ3n) is 4.77. The molecular formula is C12H21NOS. The van der Waals surface area contributed by atoms with Crippen LogP contribution in [0, 0.1) is 11.3 Å². The van der Waals surface area contributed by atoms with Gasteiger partial charge in [0.2, 0.25) is 5.91 Å². The third kappa shape index (κ3) is 1.22. The molecule has 3 heteroatoms. The lowest BCUT2D eigenvalue weighted by atomic mass is 9.72. The summed E-state index contributed by atoms with van der Waals surface area (Å²) >= 11 is 1.97. The molecule has 0 N–H and O–H groups in total. The standard InChI is InChI=1S/C12H21NOS/c1-7-9(14)13-8(2)11(3,4)12(5,6)15-10(7)13/h7-8,10H,1-6H3. The van der Waals surface area contributed by atoms with E-state index in [4.69, 9.17) is 0 Å². The van der Waals surface area contributed by atoms with Crippen molar-refractivity contribution in [1.29, 1.82) is 0 Å². The van der Waals surface area contributed by atoms with Crippen LogP contribution in [0.3, 0.4) is 0 Å². The number of hydrogen-bond acceptors (Lipinski definition) is 2. The number of fused-ring (bicyclic) bond motifs is 1. The molecule has 0 bridgehead atoms. The Balaban J connectivity index is 2.33. The van der Waals surface area contributed by atoms with Gasteiger partial charge in [0.05, 0.1) is 11.3 Å². The Labute approximate surface area is 96.8 Å². The lowest BCUT2D eigenvalue weighted by molar-refractivity contribution is -0.159. The van der Waals surface area contributed by atoms with Crippen molar-refractivity contribution in [2.24, 2.45) is 11.3 Å². The zero-order valence-electron chi connectivity index (χ0n) is 10.5. The Morgan fingerprint density at radius 2 is 1.73 bits per heavy atom. The molecule has 15 heavy (non-hydrogen) atoms. The zero-order valence-corrected chi connectivity index (χ0v) is 11.3. The highest BCUT2D eigenvalue weighted by molar-refractivity contribution is 8.01. The smallest absolute Gasteiger partial charge is 0.229 e. The average Bonchev–Trinajstić information content (AvgIpc) is 2.14. The molecule has 0 aromatic carbocycles. The van der Waals surface area contributed by atoms with Crippen LogP contribution in [0.15, 0.2) is 0 Å². The Kier molecular flexibility index (Phi) is 2.21. The molecule has 0 spiro atoms. The van der Waals surface area contributed by atoms with Gasteiger partial charge in [-0.2, -0.15) is 0 Å². The van der Waals surface area contributed by atoms with Crippen molar-refractivity contribution in [3.8, 4) is 0 Å². The lowest BCUT2D eigenvalue weighted by Gasteiger charge is -2.63. The van der Waals surface area contributed by atoms with E-state index in [0.29, 0.717) is 17.3 Å². The van der Waals surface area contributed by atoms with E-state index in [9.17, 15) is 4.79 Å². The molecular weight excluding hydrogens is 206 g/mol. The average molecular weight is 227 g/mol. The molecule has 3 atom stereocenters. The first-order valence-electron chi connectivity index (χ1n) is 5.70. The summed E-state index contributed by atoms with van der Waals surface area (Å²) in [5, 5.41) is 0.413. The van der Waals surface area contributed by atoms with Gasteiger partial charge >= 0.3 is 0 Å². The van der Waals surface area contributed by atoms with E-state index in [1.807, 2.05) is 11.8 Å². The number of amides is 1. The number of β-lactam (4-membered cyclic amide) rings is 1. The van der Waals surface area contributed by atoms with Crippen LogP contribution < -0.4 is 0 Å². The molecule has 0 saturated carbocycles. The maximum atomic E-state index is 11.8. The van der Waals surface area contributed by atoms with E-state index in [2.05, 4.69) is 46.4 Å². The van der Waals surface area contributed by atoms with Gasteiger partial charge in [-0.15, -0.1) is 11.8 Å². The topological polar surface area (TPSA) is 20.3 Å². The van der Waals surface area contributed by atoms with Crippen LogP contribution in [-0.2, 0) is 4.79 Å². The maximum absolute atomic E-state index is 11.8. The fraction of sp³-hybridized carbons (Fsp3) is 0.917. The predicted molar refractivity (Wildman–Crippen MR) is 64.7 cm³/mol. The summed E-state index contributed by atoms with van der Waals surface area (Å²) in [6.07, 6.45) is 0. The molecule has 1 amide bonds. The molecule has 2 fully saturated rings. The minimum absolute atomic E-state index is 0.171. The largest absolute Gasteiger partial charge is 0.326 e. The Morgan fingerprint density at radius 1 is 1.20 bits per heavy atom. The van der Waals surface area contributed by atoms with Gasteiger partial charge in [0.25, 0.3) is 0 Å². The first kappa shape index (κ1) is 11.3. The Hall–Kier alpha value is -0.180. The summed E-state index contributed by atoms with van der Waals surface area (Å²) in [6.45, 7) is 13.4. The van der Waals surface area contributed by atoms with E-state index < -0.39 is 0 Å². The van der Waals surface area contributed by atoms with Gasteiger partial charge in [-0.1, -0.05) is 34.6 Å². The maximum Gasteiger partial charge on any atom is 0.229 e. The SMILES string of the molecule is CC1C(=O)N2C1SC(C)(C)C(C)(C)C2C. The van der Waals surface area contributed by atoms with Crippen LogP contribution in [0.4, 0.5) is 0 Å². The molecule has 2 aliphatic rings. The van der Waals surface area contributed by atoms with Crippen LogP contribution >= 0.6 is 11.8 Å². The Bertz CT molecular complexity index is 311. The molecule has 2 nitrogen and oxygen atoms in total. The molecule has 2 rings (SSSR count). The second-order valence-electron chi connectivity index (χ2n) is 5.95. The fourth-order valence-corrected chi connectivity index (χ4v) is 4.31. The highest BCUT2D eigenvalue weighted by Crippen LogP contribution is 2.57. The summed E-state index contributed by atoms with van der Waals surface area (Å²) in [7, 11) is 0. The highest BCUT2D eigenvalue weighted by atomic mass is 32.2. The monoisotopic (exact) mass is 227 g/mol. The number of thioether (sulfide) groups is 1. The van der Waals surface area contributed by atoms with Crippen LogP contribution in [-0.4, -0.2) is 27.0 Å². The van der Waals surface area contributed by atoms with E-state index in [-0.39, 0.29) is 16.1 Å². The third-order valence-corrected chi connectivity index (χ3v) is 6.77. The van der Waals surface area contributed by atoms with Crippen molar-refractivity contribution in [2.45, 2.75) is 57.7 Å². The first-order valence-corrected chi connectivity index (χ1v) is 6.58. The quantitative estimate of drug-likeness (QED) is 0.593. The van der Waals surface area contributed by atoms with E-state index in [0.717, 1.165) is 0 Å². The van der Waals surface area contributed by atoms with Gasteiger partial charge in [0.1, 0.15) is 0 Å². The van der Waals surface area contributed by atoms with Crippen molar-refractivity contribution >= 4 is 17.7 Å². The van der Waals surface area contributed by atoms with Crippen molar-refractivity contribution in [3.05, 3.63) is 0 Å². The predicted octanol–water partition coefficient (Wildman–Crippen LogP) is 2.73. The summed E-state index contributed by atoms with van der Waals surface area (Å²) in [5.74, 6) is 0.552. The normalized spacial score (nSPS) is 42.1. The molecule has 0 aliphatic carbocycles. The van der Waals surface area contributed by atoms with Gasteiger partial charge in [-0.25, -0.2) is 0 Å². The van der Waals surface area contributed by atoms with Gasteiger partial charge in [-0.3, -0.25) is 4.79 Å². The van der Waals surface area contributed by atoms with Gasteiger partial charge < -0.3 is 4.90 Å². The van der Waals surface area contributed by atoms with Gasteiger partial charge in [0, 0.05) is 10.8 Å². The van der Waals surface area contributed by atoms with Crippen LogP contribution in [0.25, 0.3) is 0 Å². The molecule has 0 aromatic heterocycles. The lowest BCUT2D eigenvalue weighted by Crippen LogP contribution is -2.71. The number of carbonyl (C=O) groups is 1. The molecule has 0 radical (unpaired) electrons. The number of rotatable bonds is 0. The minimum Gasteiger partial charge on any atom is -0.326 e. The second-order valence-corrected chi connectivity index (χ2v) is 7.69. The van der Waals surface area contributed by atoms with Crippen LogP contribution in [0.5, 0.6) is 0 Å². The Morgan fingerprint density at radius 3 is 2.27 bits per heavy atom. The van der Waals surface area contributed by atoms with Crippen LogP contribution in [0.2, 0.25) is 0 Å². The van der Waals surface area contributed by atoms with Crippen molar-refractivity contribution in [3.63, 3.8) is 0 Å². The molecule has 2 saturated heterocycles. The van der Waals surface area contributed by atoms with Crippen LogP contribution in [0.1, 0.15) is 41.5 Å². The summed E-state index contributed by atoms with van der Waals surface area (Å²) in [6, 6.07) is 0.349. The summed E-state index contributed by atoms with van der Waals surface area (Å²) < 4.78 is 0.239. The first-order chi connectivity index (χ1) is 6.70. The van der Waals surface area contributed by atoms with Crippen molar-refractivity contribution in [1.82, 2.24) is 4.90 Å². The number of nitrogens with zero attached hydrogens (tertiary/aromatic N) is 1. The van der Waals surface area contributed by atoms with Crippen molar-refractivity contribution < 1.29 is 4.79 Å². The zero-order chi connectivity index (χ0) is 11.6. The summed E-state index contributed by atoms with van der Waals surface area (Å²) in [5.41, 5.74) is 0.171. The molecule has 3 unspecified atom stereocenters. The van der Waals surface area contributed by atoms with Gasteiger partial charge in [0.15, 0.2) is 0 Å². The number of hydrogen-bond donors (Lipinski definition) is 0. The van der Waals surface area contributed by atoms with E-state index in [1.54, 1.807) is 0 Å².